The third-order valence-electron chi connectivity index (χ3n) is 2.41. The molecule has 0 bridgehead atoms. The first kappa shape index (κ1) is 13.6. The van der Waals surface area contributed by atoms with E-state index in [1.807, 2.05) is 24.6 Å². The summed E-state index contributed by atoms with van der Waals surface area (Å²) in [6, 6.07) is 8.27. The monoisotopic (exact) mass is 393 g/mol. The molecule has 1 heterocycles. The van der Waals surface area contributed by atoms with Crippen LogP contribution in [0.25, 0.3) is 0 Å². The summed E-state index contributed by atoms with van der Waals surface area (Å²) in [4.78, 5) is 1.14. The van der Waals surface area contributed by atoms with E-state index in [1.165, 1.54) is 5.56 Å². The van der Waals surface area contributed by atoms with Crippen molar-refractivity contribution < 1.29 is 0 Å². The number of halogens is 3. The van der Waals surface area contributed by atoms with Crippen molar-refractivity contribution in [3.63, 3.8) is 0 Å². The summed E-state index contributed by atoms with van der Waals surface area (Å²) in [5.41, 5.74) is 1.18. The number of rotatable bonds is 3. The van der Waals surface area contributed by atoms with Crippen LogP contribution in [-0.2, 0) is 0 Å². The second-order valence-electron chi connectivity index (χ2n) is 3.56. The van der Waals surface area contributed by atoms with Gasteiger partial charge in [-0.1, -0.05) is 43.5 Å². The third kappa shape index (κ3) is 3.12. The van der Waals surface area contributed by atoms with Gasteiger partial charge < -0.3 is 5.32 Å². The quantitative estimate of drug-likeness (QED) is 0.750. The Morgan fingerprint density at radius 3 is 2.35 bits per heavy atom. The van der Waals surface area contributed by atoms with Gasteiger partial charge in [0.2, 0.25) is 0 Å². The first-order valence-corrected chi connectivity index (χ1v) is 7.82. The highest BCUT2D eigenvalue weighted by Crippen LogP contribution is 2.34. The molecule has 90 valence electrons. The number of nitrogens with one attached hydrogen (secondary N) is 1. The van der Waals surface area contributed by atoms with Crippen molar-refractivity contribution in [2.75, 3.05) is 7.05 Å². The van der Waals surface area contributed by atoms with Crippen LogP contribution in [0, 0.1) is 0 Å². The fourth-order valence-corrected chi connectivity index (χ4v) is 4.33. The minimum absolute atomic E-state index is 0.122. The van der Waals surface area contributed by atoms with Gasteiger partial charge in [0, 0.05) is 13.8 Å². The van der Waals surface area contributed by atoms with E-state index in [0.29, 0.717) is 0 Å². The molecular weight excluding hydrogens is 385 g/mol. The molecule has 0 saturated heterocycles. The van der Waals surface area contributed by atoms with E-state index in [1.54, 1.807) is 11.3 Å². The summed E-state index contributed by atoms with van der Waals surface area (Å²) in [5.74, 6) is 0. The number of hydrogen-bond acceptors (Lipinski definition) is 2. The summed E-state index contributed by atoms with van der Waals surface area (Å²) >= 11 is 14.9. The molecule has 0 spiro atoms. The predicted molar refractivity (Wildman–Crippen MR) is 82.1 cm³/mol. The van der Waals surface area contributed by atoms with Crippen molar-refractivity contribution in [2.45, 2.75) is 6.04 Å². The van der Waals surface area contributed by atoms with Crippen molar-refractivity contribution in [1.82, 2.24) is 5.32 Å². The van der Waals surface area contributed by atoms with Gasteiger partial charge in [0.1, 0.15) is 0 Å². The lowest BCUT2D eigenvalue weighted by Gasteiger charge is -2.16. The van der Waals surface area contributed by atoms with Crippen LogP contribution >= 0.6 is 54.8 Å². The Balaban J connectivity index is 2.45. The summed E-state index contributed by atoms with van der Waals surface area (Å²) in [6.07, 6.45) is 0. The Labute approximate surface area is 126 Å². The van der Waals surface area contributed by atoms with E-state index in [9.17, 15) is 0 Å². The minimum atomic E-state index is 0.122. The highest BCUT2D eigenvalue weighted by molar-refractivity contribution is 9.11. The smallest absolute Gasteiger partial charge is 0.0684 e. The average Bonchev–Trinajstić information content (AvgIpc) is 2.65. The van der Waals surface area contributed by atoms with Crippen LogP contribution in [0.3, 0.4) is 0 Å². The largest absolute Gasteiger partial charge is 0.309 e. The molecule has 1 nitrogen and oxygen atoms in total. The van der Waals surface area contributed by atoms with E-state index in [-0.39, 0.29) is 6.04 Å². The Hall–Kier alpha value is 0.130. The molecular formula is C12H10Br2ClNS. The molecule has 0 fully saturated rings. The molecule has 0 radical (unpaired) electrons. The zero-order valence-electron chi connectivity index (χ0n) is 9.01. The summed E-state index contributed by atoms with van der Waals surface area (Å²) in [6.45, 7) is 0. The van der Waals surface area contributed by atoms with E-state index in [4.69, 9.17) is 11.6 Å². The molecule has 0 amide bonds. The highest BCUT2D eigenvalue weighted by Gasteiger charge is 2.17. The molecule has 0 saturated carbocycles. The van der Waals surface area contributed by atoms with E-state index >= 15 is 0 Å². The fraction of sp³-hybridized carbons (Fsp3) is 0.167. The Bertz CT molecular complexity index is 507. The molecule has 2 rings (SSSR count). The van der Waals surface area contributed by atoms with E-state index < -0.39 is 0 Å². The second-order valence-corrected chi connectivity index (χ2v) is 6.74. The van der Waals surface area contributed by atoms with Gasteiger partial charge in [0.05, 0.1) is 11.1 Å². The zero-order chi connectivity index (χ0) is 12.4. The van der Waals surface area contributed by atoms with Crippen molar-refractivity contribution in [2.24, 2.45) is 0 Å². The van der Waals surface area contributed by atoms with Crippen LogP contribution in [0.5, 0.6) is 0 Å². The van der Waals surface area contributed by atoms with Gasteiger partial charge in [0.15, 0.2) is 0 Å². The van der Waals surface area contributed by atoms with Crippen LogP contribution in [0.2, 0.25) is 5.02 Å². The van der Waals surface area contributed by atoms with Gasteiger partial charge in [0.25, 0.3) is 0 Å². The molecule has 1 unspecified atom stereocenters. The van der Waals surface area contributed by atoms with Gasteiger partial charge in [-0.3, -0.25) is 0 Å². The molecule has 1 atom stereocenters. The molecule has 1 N–H and O–H groups in total. The van der Waals surface area contributed by atoms with Crippen LogP contribution in [-0.4, -0.2) is 7.05 Å². The first-order chi connectivity index (χ1) is 8.11. The molecule has 0 aliphatic heterocycles. The van der Waals surface area contributed by atoms with Crippen molar-refractivity contribution >= 4 is 54.8 Å². The lowest BCUT2D eigenvalue weighted by atomic mass is 10.1. The molecule has 0 aliphatic carbocycles. The third-order valence-corrected chi connectivity index (χ3v) is 4.75. The highest BCUT2D eigenvalue weighted by atomic mass is 79.9. The number of thiophene rings is 1. The summed E-state index contributed by atoms with van der Waals surface area (Å²) in [7, 11) is 1.94. The number of benzene rings is 1. The maximum atomic E-state index is 6.19. The second kappa shape index (κ2) is 5.85. The van der Waals surface area contributed by atoms with Gasteiger partial charge in [-0.15, -0.1) is 11.3 Å². The van der Waals surface area contributed by atoms with Crippen LogP contribution in [0.1, 0.15) is 16.5 Å². The lowest BCUT2D eigenvalue weighted by molar-refractivity contribution is 0.703. The molecule has 2 aromatic rings. The number of hydrogen-bond donors (Lipinski definition) is 1. The maximum Gasteiger partial charge on any atom is 0.0684 e. The normalized spacial score (nSPS) is 12.7. The van der Waals surface area contributed by atoms with Gasteiger partial charge in [-0.25, -0.2) is 0 Å². The molecule has 5 heteroatoms. The average molecular weight is 396 g/mol. The van der Waals surface area contributed by atoms with Gasteiger partial charge >= 0.3 is 0 Å². The van der Waals surface area contributed by atoms with Gasteiger partial charge in [-0.05, 0) is 42.3 Å². The van der Waals surface area contributed by atoms with E-state index in [2.05, 4.69) is 49.3 Å². The Kier molecular flexibility index (Phi) is 4.66. The van der Waals surface area contributed by atoms with Gasteiger partial charge in [-0.2, -0.15) is 0 Å². The SMILES string of the molecule is CNC(c1cc(Br)cc(Br)c1)c1sccc1Cl. The molecule has 17 heavy (non-hydrogen) atoms. The predicted octanol–water partition coefficient (Wildman–Crippen LogP) is 5.24. The molecule has 0 aliphatic rings. The molecule has 1 aromatic heterocycles. The van der Waals surface area contributed by atoms with E-state index in [0.717, 1.165) is 18.8 Å². The summed E-state index contributed by atoms with van der Waals surface area (Å²) < 4.78 is 2.10. The van der Waals surface area contributed by atoms with Crippen LogP contribution < -0.4 is 5.32 Å². The topological polar surface area (TPSA) is 12.0 Å². The van der Waals surface area contributed by atoms with Crippen LogP contribution in [0.15, 0.2) is 38.6 Å². The van der Waals surface area contributed by atoms with Crippen LogP contribution in [0.4, 0.5) is 0 Å². The summed E-state index contributed by atoms with van der Waals surface area (Å²) in [5, 5.41) is 6.12. The standard InChI is InChI=1S/C12H10Br2ClNS/c1-16-11(12-10(15)2-3-17-12)7-4-8(13)6-9(14)5-7/h2-6,11,16H,1H3. The van der Waals surface area contributed by atoms with Crippen molar-refractivity contribution in [3.05, 3.63) is 54.1 Å². The maximum absolute atomic E-state index is 6.19. The van der Waals surface area contributed by atoms with Crippen molar-refractivity contribution in [3.8, 4) is 0 Å². The minimum Gasteiger partial charge on any atom is -0.309 e. The molecule has 1 aromatic carbocycles. The Morgan fingerprint density at radius 2 is 1.88 bits per heavy atom. The zero-order valence-corrected chi connectivity index (χ0v) is 13.8. The lowest BCUT2D eigenvalue weighted by Crippen LogP contribution is -2.16. The Morgan fingerprint density at radius 1 is 1.24 bits per heavy atom. The fourth-order valence-electron chi connectivity index (χ4n) is 1.70. The van der Waals surface area contributed by atoms with Crippen molar-refractivity contribution in [1.29, 1.82) is 0 Å². The first-order valence-electron chi connectivity index (χ1n) is 4.98.